The molecule has 0 bridgehead atoms. The van der Waals surface area contributed by atoms with Crippen molar-refractivity contribution in [2.24, 2.45) is 0 Å². The Labute approximate surface area is 163 Å². The number of phenols is 1. The molecule has 8 heteroatoms. The average Bonchev–Trinajstić information content (AvgIpc) is 2.71. The molecule has 0 aliphatic carbocycles. The van der Waals surface area contributed by atoms with Gasteiger partial charge in [-0.25, -0.2) is 0 Å². The Kier molecular flexibility index (Phi) is 7.50. The van der Waals surface area contributed by atoms with Gasteiger partial charge in [0.2, 0.25) is 0 Å². The number of rotatable bonds is 9. The second kappa shape index (κ2) is 10.1. The number of hydrogen-bond acceptors (Lipinski definition) is 6. The van der Waals surface area contributed by atoms with Gasteiger partial charge in [0.1, 0.15) is 28.6 Å². The van der Waals surface area contributed by atoms with E-state index in [9.17, 15) is 14.7 Å². The van der Waals surface area contributed by atoms with Gasteiger partial charge in [0.05, 0.1) is 14.2 Å². The second-order valence-corrected chi connectivity index (χ2v) is 5.84. The van der Waals surface area contributed by atoms with Crippen LogP contribution in [0.4, 0.5) is 0 Å². The summed E-state index contributed by atoms with van der Waals surface area (Å²) in [4.78, 5) is 24.5. The van der Waals surface area contributed by atoms with E-state index in [1.54, 1.807) is 37.3 Å². The van der Waals surface area contributed by atoms with Crippen LogP contribution in [-0.4, -0.2) is 50.3 Å². The molecular formula is C20H24N2O6. The van der Waals surface area contributed by atoms with Crippen LogP contribution in [0.2, 0.25) is 0 Å². The predicted molar refractivity (Wildman–Crippen MR) is 103 cm³/mol. The number of methoxy groups -OCH3 is 2. The maximum atomic E-state index is 12.4. The van der Waals surface area contributed by atoms with Gasteiger partial charge < -0.3 is 30.0 Å². The van der Waals surface area contributed by atoms with Gasteiger partial charge in [0.25, 0.3) is 11.8 Å². The van der Waals surface area contributed by atoms with E-state index in [1.807, 2.05) is 0 Å². The maximum Gasteiger partial charge on any atom is 0.260 e. The zero-order valence-corrected chi connectivity index (χ0v) is 16.0. The largest absolute Gasteiger partial charge is 0.508 e. The zero-order chi connectivity index (χ0) is 20.5. The molecule has 0 spiro atoms. The van der Waals surface area contributed by atoms with Crippen molar-refractivity contribution >= 4 is 11.8 Å². The Morgan fingerprint density at radius 1 is 0.964 bits per heavy atom. The van der Waals surface area contributed by atoms with Gasteiger partial charge >= 0.3 is 0 Å². The highest BCUT2D eigenvalue weighted by atomic mass is 16.5. The van der Waals surface area contributed by atoms with Crippen molar-refractivity contribution in [1.82, 2.24) is 10.6 Å². The minimum Gasteiger partial charge on any atom is -0.508 e. The summed E-state index contributed by atoms with van der Waals surface area (Å²) in [7, 11) is 2.95. The number of amides is 2. The Hall–Kier alpha value is -3.42. The molecule has 0 aromatic heterocycles. The highest BCUT2D eigenvalue weighted by molar-refractivity contribution is 5.99. The van der Waals surface area contributed by atoms with E-state index in [0.29, 0.717) is 22.8 Å². The van der Waals surface area contributed by atoms with E-state index >= 15 is 0 Å². The summed E-state index contributed by atoms with van der Waals surface area (Å²) in [6.07, 6.45) is -0.727. The summed E-state index contributed by atoms with van der Waals surface area (Å²) >= 11 is 0. The Morgan fingerprint density at radius 2 is 1.54 bits per heavy atom. The van der Waals surface area contributed by atoms with E-state index in [2.05, 4.69) is 10.6 Å². The van der Waals surface area contributed by atoms with E-state index in [4.69, 9.17) is 14.2 Å². The van der Waals surface area contributed by atoms with Crippen molar-refractivity contribution in [3.8, 4) is 23.0 Å². The first-order chi connectivity index (χ1) is 13.5. The van der Waals surface area contributed by atoms with E-state index in [0.717, 1.165) is 0 Å². The molecule has 150 valence electrons. The molecule has 0 heterocycles. The van der Waals surface area contributed by atoms with Crippen molar-refractivity contribution in [3.05, 3.63) is 48.0 Å². The number of aromatic hydroxyl groups is 1. The van der Waals surface area contributed by atoms with E-state index in [-0.39, 0.29) is 30.7 Å². The van der Waals surface area contributed by atoms with Gasteiger partial charge in [-0.2, -0.15) is 0 Å². The normalized spacial score (nSPS) is 11.2. The molecule has 0 fully saturated rings. The van der Waals surface area contributed by atoms with Crippen molar-refractivity contribution in [2.45, 2.75) is 13.0 Å². The minimum atomic E-state index is -0.727. The van der Waals surface area contributed by atoms with Crippen LogP contribution in [0.25, 0.3) is 0 Å². The summed E-state index contributed by atoms with van der Waals surface area (Å²) in [6.45, 7) is 2.06. The smallest absolute Gasteiger partial charge is 0.260 e. The Bertz CT molecular complexity index is 785. The number of carbonyl (C=O) groups excluding carboxylic acids is 2. The van der Waals surface area contributed by atoms with Crippen LogP contribution in [0.1, 0.15) is 17.3 Å². The monoisotopic (exact) mass is 388 g/mol. The van der Waals surface area contributed by atoms with Crippen LogP contribution in [0.3, 0.4) is 0 Å². The quantitative estimate of drug-likeness (QED) is 0.565. The molecule has 3 N–H and O–H groups in total. The fourth-order valence-corrected chi connectivity index (χ4v) is 2.45. The summed E-state index contributed by atoms with van der Waals surface area (Å²) < 4.78 is 15.9. The average molecular weight is 388 g/mol. The van der Waals surface area contributed by atoms with E-state index in [1.165, 1.54) is 26.4 Å². The van der Waals surface area contributed by atoms with Gasteiger partial charge in [-0.1, -0.05) is 6.07 Å². The topological polar surface area (TPSA) is 106 Å². The first kappa shape index (κ1) is 20.9. The summed E-state index contributed by atoms with van der Waals surface area (Å²) in [6, 6.07) is 11.1. The molecule has 2 rings (SSSR count). The zero-order valence-electron chi connectivity index (χ0n) is 16.0. The first-order valence-electron chi connectivity index (χ1n) is 8.68. The van der Waals surface area contributed by atoms with Gasteiger partial charge in [-0.05, 0) is 43.3 Å². The molecule has 0 aliphatic rings. The lowest BCUT2D eigenvalue weighted by atomic mass is 10.1. The number of phenolic OH excluding ortho intramolecular Hbond substituents is 1. The number of nitrogens with one attached hydrogen (secondary N) is 2. The number of benzene rings is 2. The van der Waals surface area contributed by atoms with Crippen LogP contribution in [0, 0.1) is 0 Å². The van der Waals surface area contributed by atoms with Gasteiger partial charge in [-0.15, -0.1) is 0 Å². The lowest BCUT2D eigenvalue weighted by molar-refractivity contribution is -0.127. The Balaban J connectivity index is 1.81. The SMILES string of the molecule is COc1cccc(OC)c1C(=O)NCCNC(=O)C(C)Oc1ccc(O)cc1. The molecule has 1 atom stereocenters. The van der Waals surface area contributed by atoms with Crippen molar-refractivity contribution in [2.75, 3.05) is 27.3 Å². The van der Waals surface area contributed by atoms with Crippen molar-refractivity contribution in [3.63, 3.8) is 0 Å². The molecule has 0 aliphatic heterocycles. The Morgan fingerprint density at radius 3 is 2.11 bits per heavy atom. The third-order valence-corrected chi connectivity index (χ3v) is 3.88. The third-order valence-electron chi connectivity index (χ3n) is 3.88. The number of carbonyl (C=O) groups is 2. The maximum absolute atomic E-state index is 12.4. The minimum absolute atomic E-state index is 0.117. The molecule has 0 saturated heterocycles. The van der Waals surface area contributed by atoms with Gasteiger partial charge in [0, 0.05) is 13.1 Å². The molecule has 28 heavy (non-hydrogen) atoms. The van der Waals surface area contributed by atoms with Crippen LogP contribution in [0.5, 0.6) is 23.0 Å². The molecule has 0 radical (unpaired) electrons. The fraction of sp³-hybridized carbons (Fsp3) is 0.300. The van der Waals surface area contributed by atoms with Crippen LogP contribution in [0.15, 0.2) is 42.5 Å². The fourth-order valence-electron chi connectivity index (χ4n) is 2.45. The van der Waals surface area contributed by atoms with Crippen molar-refractivity contribution < 1.29 is 28.9 Å². The van der Waals surface area contributed by atoms with Crippen LogP contribution in [-0.2, 0) is 4.79 Å². The first-order valence-corrected chi connectivity index (χ1v) is 8.68. The number of hydrogen-bond donors (Lipinski definition) is 3. The molecule has 2 aromatic carbocycles. The van der Waals surface area contributed by atoms with Gasteiger partial charge in [-0.3, -0.25) is 9.59 Å². The standard InChI is InChI=1S/C20H24N2O6/c1-13(28-15-9-7-14(23)8-10-15)19(24)21-11-12-22-20(25)18-16(26-2)5-4-6-17(18)27-3/h4-10,13,23H,11-12H2,1-3H3,(H,21,24)(H,22,25). The van der Waals surface area contributed by atoms with Crippen LogP contribution >= 0.6 is 0 Å². The van der Waals surface area contributed by atoms with E-state index < -0.39 is 6.10 Å². The molecule has 8 nitrogen and oxygen atoms in total. The highest BCUT2D eigenvalue weighted by Crippen LogP contribution is 2.27. The third kappa shape index (κ3) is 5.54. The highest BCUT2D eigenvalue weighted by Gasteiger charge is 2.18. The molecule has 0 saturated carbocycles. The lowest BCUT2D eigenvalue weighted by Crippen LogP contribution is -2.40. The number of ether oxygens (including phenoxy) is 3. The molecular weight excluding hydrogens is 364 g/mol. The molecule has 1 unspecified atom stereocenters. The summed E-state index contributed by atoms with van der Waals surface area (Å²) in [5, 5.41) is 14.7. The summed E-state index contributed by atoms with van der Waals surface area (Å²) in [5.41, 5.74) is 0.294. The van der Waals surface area contributed by atoms with Gasteiger partial charge in [0.15, 0.2) is 6.10 Å². The lowest BCUT2D eigenvalue weighted by Gasteiger charge is -2.15. The predicted octanol–water partition coefficient (Wildman–Crippen LogP) is 1.72. The molecule has 2 aromatic rings. The molecule has 2 amide bonds. The van der Waals surface area contributed by atoms with Crippen LogP contribution < -0.4 is 24.8 Å². The second-order valence-electron chi connectivity index (χ2n) is 5.84. The summed E-state index contributed by atoms with van der Waals surface area (Å²) in [5.74, 6) is 0.701. The van der Waals surface area contributed by atoms with Crippen molar-refractivity contribution in [1.29, 1.82) is 0 Å².